The molecule has 1 atom stereocenters. The van der Waals surface area contributed by atoms with Crippen LogP contribution in [0.2, 0.25) is 0 Å². The van der Waals surface area contributed by atoms with Gasteiger partial charge in [-0.05, 0) is 69.6 Å². The zero-order valence-electron chi connectivity index (χ0n) is 15.3. The van der Waals surface area contributed by atoms with Crippen LogP contribution >= 0.6 is 0 Å². The van der Waals surface area contributed by atoms with E-state index in [0.717, 1.165) is 62.0 Å². The Morgan fingerprint density at radius 1 is 1.31 bits per heavy atom. The number of hydrogen-bond donors (Lipinski definition) is 2. The lowest BCUT2D eigenvalue weighted by molar-refractivity contribution is 0.136. The highest BCUT2D eigenvalue weighted by molar-refractivity contribution is 5.22. The molecule has 1 fully saturated rings. The second kappa shape index (κ2) is 7.37. The number of rotatable bonds is 5. The maximum absolute atomic E-state index is 12.4. The van der Waals surface area contributed by atoms with E-state index in [9.17, 15) is 9.90 Å². The summed E-state index contributed by atoms with van der Waals surface area (Å²) in [5, 5.41) is 18.3. The van der Waals surface area contributed by atoms with Gasteiger partial charge in [0.25, 0.3) is 5.56 Å². The Balaban J connectivity index is 1.31. The van der Waals surface area contributed by atoms with Gasteiger partial charge in [-0.15, -0.1) is 0 Å². The summed E-state index contributed by atoms with van der Waals surface area (Å²) in [5.74, 6) is 1.42. The van der Waals surface area contributed by atoms with Gasteiger partial charge >= 0.3 is 0 Å². The molecule has 4 rings (SSSR count). The molecule has 0 spiro atoms. The molecule has 1 unspecified atom stereocenters. The summed E-state index contributed by atoms with van der Waals surface area (Å²) < 4.78 is 7.20. The van der Waals surface area contributed by atoms with Crippen molar-refractivity contribution >= 4 is 0 Å². The van der Waals surface area contributed by atoms with Gasteiger partial charge in [0, 0.05) is 18.7 Å². The third-order valence-corrected chi connectivity index (χ3v) is 5.71. The third-order valence-electron chi connectivity index (χ3n) is 5.71. The zero-order valence-corrected chi connectivity index (χ0v) is 15.3. The van der Waals surface area contributed by atoms with E-state index in [-0.39, 0.29) is 11.6 Å². The molecule has 6 nitrogen and oxygen atoms in total. The van der Waals surface area contributed by atoms with Crippen molar-refractivity contribution in [2.24, 2.45) is 0 Å². The van der Waals surface area contributed by atoms with Crippen LogP contribution in [-0.4, -0.2) is 27.5 Å². The molecular weight excluding hydrogens is 330 g/mol. The Hall–Kier alpha value is -1.92. The van der Waals surface area contributed by atoms with Crippen LogP contribution in [-0.2, 0) is 12.8 Å². The van der Waals surface area contributed by atoms with Crippen LogP contribution in [0, 0.1) is 6.92 Å². The summed E-state index contributed by atoms with van der Waals surface area (Å²) in [6.45, 7) is 2.36. The minimum Gasteiger partial charge on any atom is -0.464 e. The standard InChI is InChI=1S/C20H27N3O3/c1-13-5-10-19(26-13)18(24)12-21-15-6-8-16(9-7-15)23-20(25)11-14-3-2-4-17(14)22-23/h5,10-11,15-16,18,21,24H,2-4,6-9,12H2,1H3. The molecule has 0 saturated heterocycles. The molecule has 2 N–H and O–H groups in total. The van der Waals surface area contributed by atoms with Gasteiger partial charge in [-0.2, -0.15) is 5.10 Å². The predicted molar refractivity (Wildman–Crippen MR) is 98.2 cm³/mol. The highest BCUT2D eigenvalue weighted by atomic mass is 16.4. The van der Waals surface area contributed by atoms with Crippen molar-refractivity contribution in [3.63, 3.8) is 0 Å². The van der Waals surface area contributed by atoms with Gasteiger partial charge in [0.2, 0.25) is 0 Å². The van der Waals surface area contributed by atoms with Crippen LogP contribution in [0.25, 0.3) is 0 Å². The predicted octanol–water partition coefficient (Wildman–Crippen LogP) is 2.44. The molecule has 0 radical (unpaired) electrons. The Kier molecular flexibility index (Phi) is 4.96. The van der Waals surface area contributed by atoms with E-state index in [2.05, 4.69) is 10.4 Å². The van der Waals surface area contributed by atoms with Crippen molar-refractivity contribution in [1.29, 1.82) is 0 Å². The fourth-order valence-corrected chi connectivity index (χ4v) is 4.21. The first-order valence-electron chi connectivity index (χ1n) is 9.69. The first-order chi connectivity index (χ1) is 12.6. The molecule has 2 aliphatic rings. The Morgan fingerprint density at radius 2 is 2.12 bits per heavy atom. The summed E-state index contributed by atoms with van der Waals surface area (Å²) in [4.78, 5) is 12.4. The summed E-state index contributed by atoms with van der Waals surface area (Å²) in [7, 11) is 0. The van der Waals surface area contributed by atoms with Crippen LogP contribution in [0.4, 0.5) is 0 Å². The lowest BCUT2D eigenvalue weighted by Crippen LogP contribution is -2.38. The molecule has 0 aliphatic heterocycles. The van der Waals surface area contributed by atoms with Crippen molar-refractivity contribution in [1.82, 2.24) is 15.1 Å². The highest BCUT2D eigenvalue weighted by Crippen LogP contribution is 2.28. The van der Waals surface area contributed by atoms with E-state index in [0.29, 0.717) is 18.3 Å². The zero-order chi connectivity index (χ0) is 18.1. The molecule has 26 heavy (non-hydrogen) atoms. The molecule has 2 heterocycles. The molecule has 0 amide bonds. The molecule has 2 aromatic rings. The SMILES string of the molecule is Cc1ccc(C(O)CNC2CCC(n3nc4c(cc3=O)CCC4)CC2)o1. The van der Waals surface area contributed by atoms with Gasteiger partial charge in [0.05, 0.1) is 11.7 Å². The number of hydrogen-bond acceptors (Lipinski definition) is 5. The summed E-state index contributed by atoms with van der Waals surface area (Å²) in [6.07, 6.45) is 6.34. The second-order valence-electron chi connectivity index (χ2n) is 7.63. The van der Waals surface area contributed by atoms with E-state index in [1.54, 1.807) is 10.7 Å². The summed E-state index contributed by atoms with van der Waals surface area (Å²) in [6, 6.07) is 6.04. The van der Waals surface area contributed by atoms with Gasteiger partial charge < -0.3 is 14.8 Å². The molecule has 140 valence electrons. The number of fused-ring (bicyclic) bond motifs is 1. The average molecular weight is 357 g/mol. The van der Waals surface area contributed by atoms with Crippen LogP contribution < -0.4 is 10.9 Å². The normalized spacial score (nSPS) is 23.8. The monoisotopic (exact) mass is 357 g/mol. The molecule has 2 aliphatic carbocycles. The Bertz CT molecular complexity index is 818. The molecule has 0 bridgehead atoms. The topological polar surface area (TPSA) is 80.3 Å². The number of aliphatic hydroxyl groups is 1. The minimum absolute atomic E-state index is 0.0469. The lowest BCUT2D eigenvalue weighted by Gasteiger charge is -2.30. The molecular formula is C20H27N3O3. The summed E-state index contributed by atoms with van der Waals surface area (Å²) >= 11 is 0. The smallest absolute Gasteiger partial charge is 0.267 e. The second-order valence-corrected chi connectivity index (χ2v) is 7.63. The summed E-state index contributed by atoms with van der Waals surface area (Å²) in [5.41, 5.74) is 2.30. The van der Waals surface area contributed by atoms with Gasteiger partial charge in [-0.1, -0.05) is 0 Å². The fourth-order valence-electron chi connectivity index (χ4n) is 4.21. The Morgan fingerprint density at radius 3 is 2.85 bits per heavy atom. The first kappa shape index (κ1) is 17.5. The number of furan rings is 1. The maximum Gasteiger partial charge on any atom is 0.267 e. The van der Waals surface area contributed by atoms with Crippen LogP contribution in [0.3, 0.4) is 0 Å². The third kappa shape index (κ3) is 3.62. The number of aliphatic hydroxyl groups excluding tert-OH is 1. The lowest BCUT2D eigenvalue weighted by atomic mass is 9.91. The molecule has 0 aromatic carbocycles. The fraction of sp³-hybridized carbons (Fsp3) is 0.600. The number of nitrogens with one attached hydrogen (secondary N) is 1. The Labute approximate surface area is 153 Å². The van der Waals surface area contributed by atoms with Crippen molar-refractivity contribution in [3.05, 3.63) is 51.3 Å². The largest absolute Gasteiger partial charge is 0.464 e. The van der Waals surface area contributed by atoms with Crippen molar-refractivity contribution in [3.8, 4) is 0 Å². The van der Waals surface area contributed by atoms with E-state index < -0.39 is 6.10 Å². The van der Waals surface area contributed by atoms with E-state index in [4.69, 9.17) is 4.42 Å². The first-order valence-corrected chi connectivity index (χ1v) is 9.69. The van der Waals surface area contributed by atoms with Gasteiger partial charge in [-0.25, -0.2) is 4.68 Å². The van der Waals surface area contributed by atoms with Gasteiger partial charge in [0.15, 0.2) is 0 Å². The van der Waals surface area contributed by atoms with Crippen LogP contribution in [0.15, 0.2) is 27.4 Å². The van der Waals surface area contributed by atoms with Crippen molar-refractivity contribution < 1.29 is 9.52 Å². The number of aromatic nitrogens is 2. The minimum atomic E-state index is -0.623. The van der Waals surface area contributed by atoms with E-state index in [1.165, 1.54) is 0 Å². The van der Waals surface area contributed by atoms with E-state index in [1.807, 2.05) is 19.1 Å². The average Bonchev–Trinajstić information content (AvgIpc) is 3.28. The molecule has 6 heteroatoms. The van der Waals surface area contributed by atoms with Crippen molar-refractivity contribution in [2.75, 3.05) is 6.54 Å². The highest BCUT2D eigenvalue weighted by Gasteiger charge is 2.26. The van der Waals surface area contributed by atoms with Crippen molar-refractivity contribution in [2.45, 2.75) is 70.1 Å². The van der Waals surface area contributed by atoms with Gasteiger partial charge in [-0.3, -0.25) is 4.79 Å². The van der Waals surface area contributed by atoms with Crippen LogP contribution in [0.5, 0.6) is 0 Å². The maximum atomic E-state index is 12.4. The molecule has 1 saturated carbocycles. The molecule has 2 aromatic heterocycles. The number of nitrogens with zero attached hydrogens (tertiary/aromatic N) is 2. The van der Waals surface area contributed by atoms with Crippen LogP contribution in [0.1, 0.15) is 67.0 Å². The quantitative estimate of drug-likeness (QED) is 0.859. The van der Waals surface area contributed by atoms with E-state index >= 15 is 0 Å². The number of aryl methyl sites for hydroxylation is 3. The van der Waals surface area contributed by atoms with Gasteiger partial charge in [0.1, 0.15) is 17.6 Å².